The van der Waals surface area contributed by atoms with Crippen molar-refractivity contribution in [2.24, 2.45) is 5.41 Å². The van der Waals surface area contributed by atoms with Gasteiger partial charge in [0.15, 0.2) is 0 Å². The molecule has 5 nitrogen and oxygen atoms in total. The lowest BCUT2D eigenvalue weighted by Crippen LogP contribution is -2.29. The normalized spacial score (nSPS) is 13.2. The van der Waals surface area contributed by atoms with Gasteiger partial charge in [-0.2, -0.15) is 0 Å². The maximum Gasteiger partial charge on any atom is 0.303 e. The number of aryl methyl sites for hydroxylation is 1. The number of aliphatic carboxylic acids is 1. The molecule has 2 N–H and O–H groups in total. The van der Waals surface area contributed by atoms with E-state index in [1.54, 1.807) is 30.3 Å². The first kappa shape index (κ1) is 24.1. The highest BCUT2D eigenvalue weighted by molar-refractivity contribution is 7.89. The van der Waals surface area contributed by atoms with E-state index < -0.39 is 16.0 Å². The summed E-state index contributed by atoms with van der Waals surface area (Å²) in [4.78, 5) is 10.9. The first-order valence-corrected chi connectivity index (χ1v) is 11.9. The standard InChI is InChI=1S/C24H33NO4S/c1-24(2,3)18-8-12-22(25-30(28,29)21-10-5-4-6-11-21)20-16-14-19(15-17-20)9-7-13-23(26)27/h4-6,10-11,14-17,22,25H,7-9,12-13,18H2,1-3H3,(H,26,27). The topological polar surface area (TPSA) is 83.5 Å². The Morgan fingerprint density at radius 1 is 1.00 bits per heavy atom. The molecule has 30 heavy (non-hydrogen) atoms. The first-order valence-electron chi connectivity index (χ1n) is 10.4. The highest BCUT2D eigenvalue weighted by Crippen LogP contribution is 2.28. The van der Waals surface area contributed by atoms with E-state index >= 15 is 0 Å². The van der Waals surface area contributed by atoms with Crippen LogP contribution in [-0.2, 0) is 21.2 Å². The number of rotatable bonds is 11. The largest absolute Gasteiger partial charge is 0.481 e. The van der Waals surface area contributed by atoms with Crippen molar-refractivity contribution in [3.63, 3.8) is 0 Å². The van der Waals surface area contributed by atoms with Crippen LogP contribution in [-0.4, -0.2) is 19.5 Å². The van der Waals surface area contributed by atoms with Gasteiger partial charge in [-0.3, -0.25) is 4.79 Å². The minimum Gasteiger partial charge on any atom is -0.481 e. The molecule has 0 heterocycles. The maximum atomic E-state index is 12.9. The molecule has 0 saturated carbocycles. The maximum absolute atomic E-state index is 12.9. The second kappa shape index (κ2) is 10.7. The minimum absolute atomic E-state index is 0.147. The predicted molar refractivity (Wildman–Crippen MR) is 120 cm³/mol. The quantitative estimate of drug-likeness (QED) is 0.504. The molecule has 0 aromatic heterocycles. The number of sulfonamides is 1. The Bertz CT molecular complexity index is 900. The smallest absolute Gasteiger partial charge is 0.303 e. The van der Waals surface area contributed by atoms with Gasteiger partial charge in [0.2, 0.25) is 10.0 Å². The average molecular weight is 432 g/mol. The third kappa shape index (κ3) is 8.28. The predicted octanol–water partition coefficient (Wildman–Crippen LogP) is 5.33. The Morgan fingerprint density at radius 3 is 2.20 bits per heavy atom. The molecule has 0 bridgehead atoms. The second-order valence-electron chi connectivity index (χ2n) is 8.93. The second-order valence-corrected chi connectivity index (χ2v) is 10.6. The fraction of sp³-hybridized carbons (Fsp3) is 0.458. The van der Waals surface area contributed by atoms with Gasteiger partial charge in [0.05, 0.1) is 4.90 Å². The van der Waals surface area contributed by atoms with Crippen molar-refractivity contribution in [2.75, 3.05) is 0 Å². The fourth-order valence-electron chi connectivity index (χ4n) is 3.35. The summed E-state index contributed by atoms with van der Waals surface area (Å²) in [7, 11) is -3.62. The monoisotopic (exact) mass is 431 g/mol. The number of nitrogens with one attached hydrogen (secondary N) is 1. The molecular weight excluding hydrogens is 398 g/mol. The van der Waals surface area contributed by atoms with Crippen LogP contribution in [0.2, 0.25) is 0 Å². The summed E-state index contributed by atoms with van der Waals surface area (Å²) in [5.41, 5.74) is 2.17. The third-order valence-corrected chi connectivity index (χ3v) is 6.50. The lowest BCUT2D eigenvalue weighted by Gasteiger charge is -2.23. The van der Waals surface area contributed by atoms with Crippen molar-refractivity contribution < 1.29 is 18.3 Å². The van der Waals surface area contributed by atoms with Crippen LogP contribution in [0.1, 0.15) is 70.0 Å². The number of carboxylic acids is 1. The van der Waals surface area contributed by atoms with E-state index in [9.17, 15) is 13.2 Å². The minimum atomic E-state index is -3.62. The zero-order valence-corrected chi connectivity index (χ0v) is 18.9. The van der Waals surface area contributed by atoms with Gasteiger partial charge in [0, 0.05) is 12.5 Å². The fourth-order valence-corrected chi connectivity index (χ4v) is 4.63. The Labute approximate surface area is 180 Å². The highest BCUT2D eigenvalue weighted by atomic mass is 32.2. The average Bonchev–Trinajstić information content (AvgIpc) is 2.67. The van der Waals surface area contributed by atoms with E-state index in [1.807, 2.05) is 24.3 Å². The van der Waals surface area contributed by atoms with E-state index in [4.69, 9.17) is 5.11 Å². The van der Waals surface area contributed by atoms with Crippen LogP contribution in [0.3, 0.4) is 0 Å². The number of carbonyl (C=O) groups is 1. The molecule has 0 aliphatic heterocycles. The zero-order valence-electron chi connectivity index (χ0n) is 18.1. The summed E-state index contributed by atoms with van der Waals surface area (Å²) >= 11 is 0. The van der Waals surface area contributed by atoms with Crippen molar-refractivity contribution in [1.82, 2.24) is 4.72 Å². The van der Waals surface area contributed by atoms with E-state index in [0.717, 1.165) is 24.0 Å². The van der Waals surface area contributed by atoms with E-state index in [2.05, 4.69) is 25.5 Å². The Morgan fingerprint density at radius 2 is 1.63 bits per heavy atom. The first-order chi connectivity index (χ1) is 14.1. The van der Waals surface area contributed by atoms with Crippen molar-refractivity contribution in [1.29, 1.82) is 0 Å². The number of hydrogen-bond donors (Lipinski definition) is 2. The zero-order chi connectivity index (χ0) is 22.2. The molecule has 0 radical (unpaired) electrons. The summed E-state index contributed by atoms with van der Waals surface area (Å²) < 4.78 is 28.6. The summed E-state index contributed by atoms with van der Waals surface area (Å²) in [5.74, 6) is -0.791. The van der Waals surface area contributed by atoms with Crippen molar-refractivity contribution in [2.45, 2.75) is 70.2 Å². The van der Waals surface area contributed by atoms with Gasteiger partial charge < -0.3 is 5.11 Å². The number of hydrogen-bond acceptors (Lipinski definition) is 3. The highest BCUT2D eigenvalue weighted by Gasteiger charge is 2.22. The summed E-state index contributed by atoms with van der Waals surface area (Å²) in [6.45, 7) is 6.55. The number of carboxylic acid groups (broad SMARTS) is 1. The molecule has 0 amide bonds. The van der Waals surface area contributed by atoms with E-state index in [-0.39, 0.29) is 22.8 Å². The van der Waals surface area contributed by atoms with Crippen LogP contribution < -0.4 is 4.72 Å². The molecule has 0 aliphatic rings. The summed E-state index contributed by atoms with van der Waals surface area (Å²) in [6.07, 6.45) is 4.05. The molecule has 6 heteroatoms. The summed E-state index contributed by atoms with van der Waals surface area (Å²) in [5, 5.41) is 8.78. The molecule has 164 valence electrons. The van der Waals surface area contributed by atoms with Gasteiger partial charge in [0.1, 0.15) is 0 Å². The molecular formula is C24H33NO4S. The third-order valence-electron chi connectivity index (χ3n) is 5.01. The van der Waals surface area contributed by atoms with Crippen molar-refractivity contribution in [3.05, 3.63) is 65.7 Å². The van der Waals surface area contributed by atoms with Crippen molar-refractivity contribution in [3.8, 4) is 0 Å². The van der Waals surface area contributed by atoms with Gasteiger partial charge in [-0.05, 0) is 54.4 Å². The lowest BCUT2D eigenvalue weighted by atomic mass is 9.88. The van der Waals surface area contributed by atoms with Crippen LogP contribution in [0.5, 0.6) is 0 Å². The van der Waals surface area contributed by atoms with Crippen LogP contribution in [0.4, 0.5) is 0 Å². The van der Waals surface area contributed by atoms with Gasteiger partial charge >= 0.3 is 5.97 Å². The van der Waals surface area contributed by atoms with Crippen LogP contribution in [0.15, 0.2) is 59.5 Å². The molecule has 0 aliphatic carbocycles. The molecule has 0 saturated heterocycles. The van der Waals surface area contributed by atoms with Gasteiger partial charge in [-0.1, -0.05) is 69.7 Å². The SMILES string of the molecule is CC(C)(C)CCCC(NS(=O)(=O)c1ccccc1)c1ccc(CCCC(=O)O)cc1. The van der Waals surface area contributed by atoms with Gasteiger partial charge in [-0.25, -0.2) is 13.1 Å². The molecule has 1 unspecified atom stereocenters. The molecule has 2 aromatic carbocycles. The van der Waals surface area contributed by atoms with E-state index in [0.29, 0.717) is 19.3 Å². The molecule has 2 rings (SSSR count). The van der Waals surface area contributed by atoms with Crippen LogP contribution in [0.25, 0.3) is 0 Å². The Balaban J connectivity index is 2.15. The van der Waals surface area contributed by atoms with Crippen LogP contribution in [0, 0.1) is 5.41 Å². The van der Waals surface area contributed by atoms with Gasteiger partial charge in [0.25, 0.3) is 0 Å². The van der Waals surface area contributed by atoms with Crippen molar-refractivity contribution >= 4 is 16.0 Å². The Kier molecular flexibility index (Phi) is 8.62. The molecule has 1 atom stereocenters. The summed E-state index contributed by atoms with van der Waals surface area (Å²) in [6, 6.07) is 15.9. The van der Waals surface area contributed by atoms with Gasteiger partial charge in [-0.15, -0.1) is 0 Å². The van der Waals surface area contributed by atoms with Crippen LogP contribution >= 0.6 is 0 Å². The number of benzene rings is 2. The lowest BCUT2D eigenvalue weighted by molar-refractivity contribution is -0.137. The molecule has 0 spiro atoms. The molecule has 0 fully saturated rings. The Hall–Kier alpha value is -2.18. The molecule has 2 aromatic rings. The van der Waals surface area contributed by atoms with E-state index in [1.165, 1.54) is 0 Å².